The van der Waals surface area contributed by atoms with Crippen molar-refractivity contribution in [1.29, 1.82) is 0 Å². The summed E-state index contributed by atoms with van der Waals surface area (Å²) in [6, 6.07) is 0. The van der Waals surface area contributed by atoms with Crippen molar-refractivity contribution in [2.45, 2.75) is 32.6 Å². The molecule has 0 radical (unpaired) electrons. The van der Waals surface area contributed by atoms with Crippen molar-refractivity contribution in [3.63, 3.8) is 0 Å². The lowest BCUT2D eigenvalue weighted by molar-refractivity contribution is 0.0684. The van der Waals surface area contributed by atoms with E-state index < -0.39 is 5.97 Å². The Balaban J connectivity index is 2.32. The van der Waals surface area contributed by atoms with E-state index in [2.05, 4.69) is 12.1 Å². The van der Waals surface area contributed by atoms with Gasteiger partial charge in [-0.1, -0.05) is 18.5 Å². The molecular weight excluding hydrogens is 182 g/mol. The first-order chi connectivity index (χ1) is 6.72. The van der Waals surface area contributed by atoms with Crippen molar-refractivity contribution in [3.8, 4) is 0 Å². The van der Waals surface area contributed by atoms with Crippen molar-refractivity contribution in [2.24, 2.45) is 5.92 Å². The molecule has 4 heteroatoms. The van der Waals surface area contributed by atoms with E-state index >= 15 is 0 Å². The van der Waals surface area contributed by atoms with Crippen LogP contribution < -0.4 is 0 Å². The van der Waals surface area contributed by atoms with Crippen LogP contribution in [0.25, 0.3) is 0 Å². The fourth-order valence-corrected chi connectivity index (χ4v) is 1.99. The van der Waals surface area contributed by atoms with Gasteiger partial charge in [0.1, 0.15) is 5.76 Å². The minimum Gasteiger partial charge on any atom is -0.476 e. The van der Waals surface area contributed by atoms with Crippen LogP contribution in [0.5, 0.6) is 0 Å². The van der Waals surface area contributed by atoms with Crippen molar-refractivity contribution < 1.29 is 14.4 Å². The molecule has 0 amide bonds. The highest BCUT2D eigenvalue weighted by Gasteiger charge is 2.27. The summed E-state index contributed by atoms with van der Waals surface area (Å²) in [6.07, 6.45) is 3.80. The van der Waals surface area contributed by atoms with Crippen LogP contribution in [0, 0.1) is 5.92 Å². The molecule has 0 fully saturated rings. The average Bonchev–Trinajstić information content (AvgIpc) is 2.59. The summed E-state index contributed by atoms with van der Waals surface area (Å²) in [6.45, 7) is 2.13. The Labute approximate surface area is 81.9 Å². The summed E-state index contributed by atoms with van der Waals surface area (Å²) in [7, 11) is 0. The van der Waals surface area contributed by atoms with Crippen molar-refractivity contribution in [2.75, 3.05) is 0 Å². The Morgan fingerprint density at radius 2 is 2.50 bits per heavy atom. The predicted octanol–water partition coefficient (Wildman–Crippen LogP) is 1.89. The van der Waals surface area contributed by atoms with Gasteiger partial charge in [-0.25, -0.2) is 4.79 Å². The first kappa shape index (κ1) is 9.24. The van der Waals surface area contributed by atoms with Crippen LogP contribution in [0.3, 0.4) is 0 Å². The van der Waals surface area contributed by atoms with Crippen LogP contribution in [0.15, 0.2) is 4.52 Å². The van der Waals surface area contributed by atoms with Gasteiger partial charge in [0.05, 0.1) is 0 Å². The van der Waals surface area contributed by atoms with Gasteiger partial charge < -0.3 is 9.63 Å². The summed E-state index contributed by atoms with van der Waals surface area (Å²) < 4.78 is 5.01. The number of hydrogen-bond acceptors (Lipinski definition) is 3. The molecule has 14 heavy (non-hydrogen) atoms. The molecule has 0 unspecified atom stereocenters. The number of carboxylic acid groups (broad SMARTS) is 1. The van der Waals surface area contributed by atoms with Crippen LogP contribution in [0.4, 0.5) is 0 Å². The van der Waals surface area contributed by atoms with E-state index in [9.17, 15) is 4.79 Å². The predicted molar refractivity (Wildman–Crippen MR) is 49.3 cm³/mol. The molecule has 1 atom stereocenters. The van der Waals surface area contributed by atoms with Crippen LogP contribution in [-0.2, 0) is 12.8 Å². The maximum atomic E-state index is 10.8. The molecule has 0 aliphatic heterocycles. The summed E-state index contributed by atoms with van der Waals surface area (Å²) in [5.41, 5.74) is 0.925. The van der Waals surface area contributed by atoms with Crippen LogP contribution in [-0.4, -0.2) is 16.2 Å². The van der Waals surface area contributed by atoms with Gasteiger partial charge in [-0.05, 0) is 18.8 Å². The highest BCUT2D eigenvalue weighted by atomic mass is 16.5. The maximum Gasteiger partial charge on any atom is 0.358 e. The molecule has 1 aromatic rings. The summed E-state index contributed by atoms with van der Waals surface area (Å²) >= 11 is 0. The van der Waals surface area contributed by atoms with E-state index in [4.69, 9.17) is 9.63 Å². The normalized spacial score (nSPS) is 20.5. The standard InChI is InChI=1S/C10H13NO3/c1-2-6-3-4-8-7(5-6)9(10(12)13)11-14-8/h6H,2-5H2,1H3,(H,12,13)/t6-/m1/s1. The molecule has 1 heterocycles. The third-order valence-electron chi connectivity index (χ3n) is 2.92. The Morgan fingerprint density at radius 1 is 1.71 bits per heavy atom. The van der Waals surface area contributed by atoms with Gasteiger partial charge in [-0.15, -0.1) is 0 Å². The van der Waals surface area contributed by atoms with E-state index in [1.807, 2.05) is 0 Å². The number of hydrogen-bond donors (Lipinski definition) is 1. The summed E-state index contributed by atoms with van der Waals surface area (Å²) in [4.78, 5) is 10.8. The third-order valence-corrected chi connectivity index (χ3v) is 2.92. The zero-order valence-corrected chi connectivity index (χ0v) is 8.12. The molecule has 76 valence electrons. The zero-order chi connectivity index (χ0) is 10.1. The number of nitrogens with zero attached hydrogens (tertiary/aromatic N) is 1. The number of aryl methyl sites for hydroxylation is 1. The fraction of sp³-hybridized carbons (Fsp3) is 0.600. The van der Waals surface area contributed by atoms with Gasteiger partial charge in [-0.2, -0.15) is 0 Å². The van der Waals surface area contributed by atoms with Crippen LogP contribution >= 0.6 is 0 Å². The van der Waals surface area contributed by atoms with E-state index in [1.165, 1.54) is 0 Å². The van der Waals surface area contributed by atoms with E-state index in [-0.39, 0.29) is 5.69 Å². The first-order valence-electron chi connectivity index (χ1n) is 4.93. The van der Waals surface area contributed by atoms with Crippen LogP contribution in [0.1, 0.15) is 41.6 Å². The highest BCUT2D eigenvalue weighted by Crippen LogP contribution is 2.29. The van der Waals surface area contributed by atoms with Crippen molar-refractivity contribution in [3.05, 3.63) is 17.0 Å². The SMILES string of the molecule is CC[C@@H]1CCc2onc(C(=O)O)c2C1. The van der Waals surface area contributed by atoms with Gasteiger partial charge in [0, 0.05) is 12.0 Å². The first-order valence-corrected chi connectivity index (χ1v) is 4.93. The van der Waals surface area contributed by atoms with Crippen molar-refractivity contribution >= 4 is 5.97 Å². The lowest BCUT2D eigenvalue weighted by Gasteiger charge is -2.18. The van der Waals surface area contributed by atoms with Gasteiger partial charge in [0.2, 0.25) is 0 Å². The number of aromatic carboxylic acids is 1. The molecule has 0 aromatic carbocycles. The molecule has 4 nitrogen and oxygen atoms in total. The minimum atomic E-state index is -0.980. The van der Waals surface area contributed by atoms with Crippen LogP contribution in [0.2, 0.25) is 0 Å². The molecule has 0 saturated heterocycles. The molecule has 1 aromatic heterocycles. The number of carbonyl (C=O) groups is 1. The Bertz CT molecular complexity index is 356. The largest absolute Gasteiger partial charge is 0.476 e. The highest BCUT2D eigenvalue weighted by molar-refractivity contribution is 5.87. The van der Waals surface area contributed by atoms with Crippen molar-refractivity contribution in [1.82, 2.24) is 5.16 Å². The molecule has 0 spiro atoms. The van der Waals surface area contributed by atoms with Gasteiger partial charge in [-0.3, -0.25) is 0 Å². The topological polar surface area (TPSA) is 63.3 Å². The summed E-state index contributed by atoms with van der Waals surface area (Å²) in [5.74, 6) is 0.374. The average molecular weight is 195 g/mol. The molecule has 1 aliphatic rings. The Morgan fingerprint density at radius 3 is 3.14 bits per heavy atom. The number of aromatic nitrogens is 1. The number of carboxylic acids is 1. The second-order valence-corrected chi connectivity index (χ2v) is 3.76. The van der Waals surface area contributed by atoms with Gasteiger partial charge >= 0.3 is 5.97 Å². The van der Waals surface area contributed by atoms with E-state index in [0.717, 1.165) is 37.0 Å². The minimum absolute atomic E-state index is 0.109. The number of rotatable bonds is 2. The third kappa shape index (κ3) is 1.41. The maximum absolute atomic E-state index is 10.8. The molecular formula is C10H13NO3. The zero-order valence-electron chi connectivity index (χ0n) is 8.12. The smallest absolute Gasteiger partial charge is 0.358 e. The molecule has 1 aliphatic carbocycles. The fourth-order valence-electron chi connectivity index (χ4n) is 1.99. The molecule has 0 bridgehead atoms. The quantitative estimate of drug-likeness (QED) is 0.782. The second-order valence-electron chi connectivity index (χ2n) is 3.76. The van der Waals surface area contributed by atoms with Gasteiger partial charge in [0.15, 0.2) is 5.69 Å². The molecule has 0 saturated carbocycles. The lowest BCUT2D eigenvalue weighted by atomic mass is 9.85. The Kier molecular flexibility index (Phi) is 2.27. The number of fused-ring (bicyclic) bond motifs is 1. The Hall–Kier alpha value is -1.32. The lowest BCUT2D eigenvalue weighted by Crippen LogP contribution is -2.14. The van der Waals surface area contributed by atoms with E-state index in [1.54, 1.807) is 0 Å². The monoisotopic (exact) mass is 195 g/mol. The van der Waals surface area contributed by atoms with E-state index in [0.29, 0.717) is 5.92 Å². The second kappa shape index (κ2) is 3.44. The summed E-state index contributed by atoms with van der Waals surface area (Å²) in [5, 5.41) is 12.5. The molecule has 1 N–H and O–H groups in total. The molecule has 2 rings (SSSR count). The van der Waals surface area contributed by atoms with Gasteiger partial charge in [0.25, 0.3) is 0 Å².